The lowest BCUT2D eigenvalue weighted by molar-refractivity contribution is -0.129. The van der Waals surface area contributed by atoms with Gasteiger partial charge in [-0.15, -0.1) is 12.4 Å². The summed E-state index contributed by atoms with van der Waals surface area (Å²) < 4.78 is 27.2. The van der Waals surface area contributed by atoms with Gasteiger partial charge >= 0.3 is 6.09 Å². The average molecular weight is 872 g/mol. The predicted molar refractivity (Wildman–Crippen MR) is 224 cm³/mol. The van der Waals surface area contributed by atoms with E-state index in [0.29, 0.717) is 67.1 Å². The topological polar surface area (TPSA) is 98.8 Å². The summed E-state index contributed by atoms with van der Waals surface area (Å²) in [6.45, 7) is 9.23. The van der Waals surface area contributed by atoms with E-state index in [1.807, 2.05) is 79.4 Å². The van der Waals surface area contributed by atoms with Gasteiger partial charge in [0, 0.05) is 24.7 Å². The molecule has 15 heteroatoms. The Labute approximate surface area is 355 Å². The highest BCUT2D eigenvalue weighted by molar-refractivity contribution is 6.68. The Morgan fingerprint density at radius 2 is 1.45 bits per heavy atom. The van der Waals surface area contributed by atoms with Gasteiger partial charge in [-0.25, -0.2) is 4.79 Å². The molecule has 0 aromatic heterocycles. The van der Waals surface area contributed by atoms with Crippen LogP contribution in [0.25, 0.3) is 5.57 Å². The molecule has 6 rings (SSSR count). The molecule has 2 amide bonds. The first-order valence-corrected chi connectivity index (χ1v) is 19.9. The molecule has 0 spiro atoms. The minimum atomic E-state index is -1.87. The summed E-state index contributed by atoms with van der Waals surface area (Å²) in [5.74, 6) is 2.52. The van der Waals surface area contributed by atoms with Gasteiger partial charge in [-0.05, 0) is 118 Å². The summed E-state index contributed by atoms with van der Waals surface area (Å²) in [6.07, 6.45) is 1.53. The van der Waals surface area contributed by atoms with Gasteiger partial charge in [0.15, 0.2) is 5.60 Å². The van der Waals surface area contributed by atoms with Crippen LogP contribution < -0.4 is 24.3 Å². The second kappa shape index (κ2) is 18.6. The van der Waals surface area contributed by atoms with Crippen molar-refractivity contribution >= 4 is 76.4 Å². The zero-order valence-electron chi connectivity index (χ0n) is 32.0. The fourth-order valence-electron chi connectivity index (χ4n) is 6.80. The minimum Gasteiger partial charge on any atom is -0.497 e. The first-order valence-electron chi connectivity index (χ1n) is 18.4. The van der Waals surface area contributed by atoms with E-state index in [-0.39, 0.29) is 37.0 Å². The Morgan fingerprint density at radius 3 is 2.07 bits per heavy atom. The third-order valence-corrected chi connectivity index (χ3v) is 11.9. The number of rotatable bonds is 14. The lowest BCUT2D eigenvalue weighted by atomic mass is 9.82. The molecule has 2 heterocycles. The molecule has 2 bridgehead atoms. The van der Waals surface area contributed by atoms with Crippen molar-refractivity contribution in [3.63, 3.8) is 0 Å². The van der Waals surface area contributed by atoms with Gasteiger partial charge in [-0.1, -0.05) is 58.5 Å². The molecule has 2 fully saturated rings. The second-order valence-corrected chi connectivity index (χ2v) is 17.2. The van der Waals surface area contributed by atoms with E-state index in [1.54, 1.807) is 25.9 Å². The van der Waals surface area contributed by atoms with Crippen LogP contribution in [-0.2, 0) is 9.53 Å². The number of methoxy groups -OCH3 is 1. The predicted octanol–water partition coefficient (Wildman–Crippen LogP) is 9.00. The number of benzene rings is 3. The molecule has 0 radical (unpaired) electrons. The Balaban J connectivity index is 0.00000600. The van der Waals surface area contributed by atoms with Crippen LogP contribution in [-0.4, -0.2) is 95.9 Å². The zero-order valence-corrected chi connectivity index (χ0v) is 35.9. The summed E-state index contributed by atoms with van der Waals surface area (Å²) in [7, 11) is 1.61. The Morgan fingerprint density at radius 1 is 0.857 bits per heavy atom. The van der Waals surface area contributed by atoms with Crippen LogP contribution in [0.15, 0.2) is 66.2 Å². The van der Waals surface area contributed by atoms with Gasteiger partial charge in [-0.3, -0.25) is 9.69 Å². The fourth-order valence-corrected chi connectivity index (χ4v) is 7.19. The largest absolute Gasteiger partial charge is 0.497 e. The van der Waals surface area contributed by atoms with Crippen molar-refractivity contribution < 1.29 is 33.3 Å². The molecular weight excluding hydrogens is 824 g/mol. The van der Waals surface area contributed by atoms with Gasteiger partial charge in [0.1, 0.15) is 42.8 Å². The Kier molecular flexibility index (Phi) is 14.5. The number of aryl methyl sites for hydroxylation is 2. The van der Waals surface area contributed by atoms with Crippen molar-refractivity contribution in [1.29, 1.82) is 0 Å². The highest BCUT2D eigenvalue weighted by Gasteiger charge is 2.50. The molecule has 1 saturated carbocycles. The Bertz CT molecular complexity index is 1880. The quantitative estimate of drug-likeness (QED) is 0.127. The number of nitrogens with zero attached hydrogens (tertiary/aromatic N) is 2. The SMILES string of the molecule is COc1ccc(OCCN(C(=O)C2=C(c3ccc(OCCOc4cc(C)c(C)cc4Cl)cc3)CC3CNCC2N3C(=O)OC(C)(C)C(Cl)(Cl)Cl)C2CC2)cc1.Cl. The van der Waals surface area contributed by atoms with Crippen molar-refractivity contribution in [2.45, 2.75) is 74.5 Å². The minimum absolute atomic E-state index is 0. The molecule has 1 aliphatic carbocycles. The normalized spacial score (nSPS) is 18.1. The molecule has 2 atom stereocenters. The summed E-state index contributed by atoms with van der Waals surface area (Å²) in [5.41, 5.74) is 3.02. The molecule has 56 heavy (non-hydrogen) atoms. The van der Waals surface area contributed by atoms with Gasteiger partial charge in [0.2, 0.25) is 3.79 Å². The second-order valence-electron chi connectivity index (χ2n) is 14.5. The van der Waals surface area contributed by atoms with Gasteiger partial charge in [0.05, 0.1) is 30.8 Å². The number of piperazine rings is 1. The number of halogens is 5. The summed E-state index contributed by atoms with van der Waals surface area (Å²) in [5, 5.41) is 3.99. The number of alkyl halides is 3. The van der Waals surface area contributed by atoms with Crippen LogP contribution in [0.1, 0.15) is 49.8 Å². The van der Waals surface area contributed by atoms with Crippen molar-refractivity contribution in [3.8, 4) is 23.0 Å². The number of carbonyl (C=O) groups excluding carboxylic acids is 2. The number of fused-ring (bicyclic) bond motifs is 2. The molecule has 2 aliphatic heterocycles. The van der Waals surface area contributed by atoms with Gasteiger partial charge in [0.25, 0.3) is 5.91 Å². The van der Waals surface area contributed by atoms with Crippen molar-refractivity contribution in [2.75, 3.05) is 46.6 Å². The number of nitrogens with one attached hydrogen (secondary N) is 1. The molecule has 3 aromatic rings. The lowest BCUT2D eigenvalue weighted by Crippen LogP contribution is -2.64. The van der Waals surface area contributed by atoms with E-state index < -0.39 is 21.5 Å². The van der Waals surface area contributed by atoms with Crippen molar-refractivity contribution in [2.24, 2.45) is 0 Å². The lowest BCUT2D eigenvalue weighted by Gasteiger charge is -2.48. The van der Waals surface area contributed by atoms with Crippen LogP contribution in [0.3, 0.4) is 0 Å². The van der Waals surface area contributed by atoms with Crippen LogP contribution in [0, 0.1) is 13.8 Å². The summed E-state index contributed by atoms with van der Waals surface area (Å²) in [6, 6.07) is 17.9. The average Bonchev–Trinajstić information content (AvgIpc) is 3.98. The third kappa shape index (κ3) is 10.2. The molecule has 3 aliphatic rings. The van der Waals surface area contributed by atoms with Crippen LogP contribution in [0.4, 0.5) is 4.79 Å². The Hall–Kier alpha value is -3.25. The maximum absolute atomic E-state index is 14.9. The third-order valence-electron chi connectivity index (χ3n) is 10.3. The highest BCUT2D eigenvalue weighted by Crippen LogP contribution is 2.43. The molecule has 3 aromatic carbocycles. The number of carbonyl (C=O) groups is 2. The molecule has 1 saturated heterocycles. The van der Waals surface area contributed by atoms with Crippen LogP contribution in [0.5, 0.6) is 23.0 Å². The molecular formula is C41H48Cl5N3O7. The first kappa shape index (κ1) is 43.9. The van der Waals surface area contributed by atoms with E-state index in [9.17, 15) is 9.59 Å². The monoisotopic (exact) mass is 869 g/mol. The van der Waals surface area contributed by atoms with Crippen LogP contribution >= 0.6 is 58.8 Å². The highest BCUT2D eigenvalue weighted by atomic mass is 35.6. The van der Waals surface area contributed by atoms with Crippen molar-refractivity contribution in [1.82, 2.24) is 15.1 Å². The number of hydrogen-bond acceptors (Lipinski definition) is 8. The van der Waals surface area contributed by atoms with Crippen LogP contribution in [0.2, 0.25) is 5.02 Å². The van der Waals surface area contributed by atoms with E-state index in [0.717, 1.165) is 40.9 Å². The maximum Gasteiger partial charge on any atom is 0.411 e. The maximum atomic E-state index is 14.9. The molecule has 10 nitrogen and oxygen atoms in total. The summed E-state index contributed by atoms with van der Waals surface area (Å²) >= 11 is 25.0. The van der Waals surface area contributed by atoms with Gasteiger partial charge in [-0.2, -0.15) is 0 Å². The number of amides is 2. The number of hydrogen-bond donors (Lipinski definition) is 1. The molecule has 304 valence electrons. The summed E-state index contributed by atoms with van der Waals surface area (Å²) in [4.78, 5) is 32.4. The standard InChI is InChI=1S/C41H47Cl4N3O7.ClH/c1-25-20-34(42)36(21-26(25)2)54-19-18-53-31-10-6-27(7-11-31)33-22-29-23-46-24-35(48(29)39(50)55-40(3,4)41(43,44)45)37(33)38(49)47(28-8-9-28)16-17-52-32-14-12-30(51-5)13-15-32;/h6-7,10-15,20-21,28-29,35,46H,8-9,16-19,22-24H2,1-5H3;1H. The van der Waals surface area contributed by atoms with E-state index in [1.165, 1.54) is 0 Å². The number of ether oxygens (including phenoxy) is 5. The zero-order chi connectivity index (χ0) is 39.5. The van der Waals surface area contributed by atoms with Gasteiger partial charge < -0.3 is 33.9 Å². The van der Waals surface area contributed by atoms with Crippen molar-refractivity contribution in [3.05, 3.63) is 87.9 Å². The smallest absolute Gasteiger partial charge is 0.411 e. The van der Waals surface area contributed by atoms with E-state index in [2.05, 4.69) is 5.32 Å². The fraction of sp³-hybridized carbons (Fsp3) is 0.463. The molecule has 1 N–H and O–H groups in total. The molecule has 2 unspecified atom stereocenters. The van der Waals surface area contributed by atoms with E-state index >= 15 is 0 Å². The van der Waals surface area contributed by atoms with E-state index in [4.69, 9.17) is 70.1 Å². The first-order chi connectivity index (χ1) is 26.2.